The van der Waals surface area contributed by atoms with E-state index in [1.807, 2.05) is 70.2 Å². The van der Waals surface area contributed by atoms with Crippen LogP contribution < -0.4 is 9.64 Å². The minimum atomic E-state index is -0.122. The molecule has 0 aromatic heterocycles. The van der Waals surface area contributed by atoms with Crippen LogP contribution in [0, 0.1) is 13.8 Å². The molecule has 2 aromatic carbocycles. The van der Waals surface area contributed by atoms with E-state index in [9.17, 15) is 4.79 Å². The third-order valence-corrected chi connectivity index (χ3v) is 5.38. The summed E-state index contributed by atoms with van der Waals surface area (Å²) in [7, 11) is 1.63. The molecule has 0 saturated heterocycles. The molecule has 1 aliphatic heterocycles. The quantitative estimate of drug-likeness (QED) is 0.452. The van der Waals surface area contributed by atoms with E-state index in [0.717, 1.165) is 33.9 Å². The summed E-state index contributed by atoms with van der Waals surface area (Å²) >= 11 is 1.53. The van der Waals surface area contributed by atoms with Crippen LogP contribution in [0.4, 0.5) is 5.69 Å². The lowest BCUT2D eigenvalue weighted by Gasteiger charge is -2.19. The van der Waals surface area contributed by atoms with Crippen molar-refractivity contribution in [2.24, 2.45) is 4.99 Å². The number of anilines is 1. The van der Waals surface area contributed by atoms with Gasteiger partial charge in [0.25, 0.3) is 5.91 Å². The molecule has 3 rings (SSSR count). The van der Waals surface area contributed by atoms with Crippen molar-refractivity contribution in [1.82, 2.24) is 0 Å². The molecular weight excluding hydrogens is 396 g/mol. The average molecular weight is 425 g/mol. The zero-order chi connectivity index (χ0) is 21.7. The van der Waals surface area contributed by atoms with Gasteiger partial charge in [0, 0.05) is 5.75 Å². The van der Waals surface area contributed by atoms with E-state index in [-0.39, 0.29) is 12.0 Å². The molecule has 1 heterocycles. The molecule has 1 amide bonds. The number of carbonyl (C=O) groups is 1. The third kappa shape index (κ3) is 5.52. The summed E-state index contributed by atoms with van der Waals surface area (Å²) in [4.78, 5) is 19.7. The van der Waals surface area contributed by atoms with Gasteiger partial charge < -0.3 is 9.47 Å². The van der Waals surface area contributed by atoms with Crippen LogP contribution in [-0.4, -0.2) is 36.6 Å². The van der Waals surface area contributed by atoms with Crippen molar-refractivity contribution in [2.45, 2.75) is 33.8 Å². The lowest BCUT2D eigenvalue weighted by atomic mass is 10.1. The number of thioether (sulfide) groups is 1. The Labute approximate surface area is 182 Å². The van der Waals surface area contributed by atoms with Crippen molar-refractivity contribution in [3.63, 3.8) is 0 Å². The second-order valence-corrected chi connectivity index (χ2v) is 8.51. The molecule has 158 valence electrons. The van der Waals surface area contributed by atoms with E-state index in [4.69, 9.17) is 9.47 Å². The number of hydrogen-bond donors (Lipinski definition) is 0. The Kier molecular flexibility index (Phi) is 7.34. The maximum atomic E-state index is 13.3. The van der Waals surface area contributed by atoms with E-state index in [1.165, 1.54) is 11.8 Å². The molecule has 0 spiro atoms. The van der Waals surface area contributed by atoms with Crippen molar-refractivity contribution in [3.05, 3.63) is 64.9 Å². The second-order valence-electron chi connectivity index (χ2n) is 7.45. The Bertz CT molecular complexity index is 945. The highest BCUT2D eigenvalue weighted by Gasteiger charge is 2.32. The van der Waals surface area contributed by atoms with Gasteiger partial charge in [-0.25, -0.2) is 4.99 Å². The number of amides is 1. The van der Waals surface area contributed by atoms with Gasteiger partial charge in [0.05, 0.1) is 25.5 Å². The van der Waals surface area contributed by atoms with E-state index >= 15 is 0 Å². The van der Waals surface area contributed by atoms with Gasteiger partial charge in [-0.1, -0.05) is 30.0 Å². The lowest BCUT2D eigenvalue weighted by molar-refractivity contribution is -0.113. The molecule has 2 aromatic rings. The van der Waals surface area contributed by atoms with Crippen molar-refractivity contribution in [3.8, 4) is 5.75 Å². The first kappa shape index (κ1) is 22.1. The fourth-order valence-corrected chi connectivity index (χ4v) is 4.02. The number of benzene rings is 2. The molecule has 0 aliphatic carbocycles. The predicted molar refractivity (Wildman–Crippen MR) is 125 cm³/mol. The Morgan fingerprint density at radius 3 is 2.37 bits per heavy atom. The Hall–Kier alpha value is -2.57. The number of amidine groups is 1. The molecule has 0 saturated carbocycles. The molecule has 5 nitrogen and oxygen atoms in total. The number of aryl methyl sites for hydroxylation is 2. The van der Waals surface area contributed by atoms with E-state index < -0.39 is 0 Å². The topological polar surface area (TPSA) is 51.1 Å². The molecule has 30 heavy (non-hydrogen) atoms. The summed E-state index contributed by atoms with van der Waals surface area (Å²) in [6, 6.07) is 13.7. The molecule has 6 heteroatoms. The Balaban J connectivity index is 1.90. The van der Waals surface area contributed by atoms with Crippen LogP contribution in [0.15, 0.2) is 53.2 Å². The monoisotopic (exact) mass is 424 g/mol. The summed E-state index contributed by atoms with van der Waals surface area (Å²) in [6.45, 7) is 8.70. The van der Waals surface area contributed by atoms with Gasteiger partial charge >= 0.3 is 0 Å². The van der Waals surface area contributed by atoms with Gasteiger partial charge in [-0.3, -0.25) is 9.69 Å². The lowest BCUT2D eigenvalue weighted by Crippen LogP contribution is -2.30. The molecule has 0 radical (unpaired) electrons. The standard InChI is InChI=1S/C24H28N2O3S/c1-16(2)29-10-11-30-24-25-22(15-19-6-8-21(28-5)9-7-19)23(27)26(24)20-13-17(3)12-18(4)14-20/h6-9,12-16H,10-11H2,1-5H3/b22-15-. The normalized spacial score (nSPS) is 15.3. The number of carbonyl (C=O) groups excluding carboxylic acids is 1. The fraction of sp³-hybridized carbons (Fsp3) is 0.333. The zero-order valence-electron chi connectivity index (χ0n) is 18.1. The summed E-state index contributed by atoms with van der Waals surface area (Å²) in [5.41, 5.74) is 4.38. The first-order valence-corrected chi connectivity index (χ1v) is 11.0. The first-order chi connectivity index (χ1) is 14.4. The van der Waals surface area contributed by atoms with Crippen LogP contribution in [0.25, 0.3) is 6.08 Å². The highest BCUT2D eigenvalue weighted by Crippen LogP contribution is 2.31. The number of nitrogens with zero attached hydrogens (tertiary/aromatic N) is 2. The van der Waals surface area contributed by atoms with Gasteiger partial charge in [-0.05, 0) is 74.7 Å². The third-order valence-electron chi connectivity index (χ3n) is 4.48. The highest BCUT2D eigenvalue weighted by atomic mass is 32.2. The van der Waals surface area contributed by atoms with Crippen LogP contribution in [0.1, 0.15) is 30.5 Å². The zero-order valence-corrected chi connectivity index (χ0v) is 19.0. The average Bonchev–Trinajstić information content (AvgIpc) is 3.00. The summed E-state index contributed by atoms with van der Waals surface area (Å²) < 4.78 is 10.9. The van der Waals surface area contributed by atoms with Crippen molar-refractivity contribution in [1.29, 1.82) is 0 Å². The molecule has 0 atom stereocenters. The predicted octanol–water partition coefficient (Wildman–Crippen LogP) is 5.21. The Morgan fingerprint density at radius 1 is 1.10 bits per heavy atom. The van der Waals surface area contributed by atoms with Gasteiger partial charge in [0.2, 0.25) is 0 Å². The molecule has 0 fully saturated rings. The smallest absolute Gasteiger partial charge is 0.283 e. The van der Waals surface area contributed by atoms with Gasteiger partial charge in [0.1, 0.15) is 11.4 Å². The Morgan fingerprint density at radius 2 is 1.77 bits per heavy atom. The van der Waals surface area contributed by atoms with Gasteiger partial charge in [-0.15, -0.1) is 0 Å². The molecular formula is C24H28N2O3S. The van der Waals surface area contributed by atoms with Crippen LogP contribution in [0.5, 0.6) is 5.75 Å². The van der Waals surface area contributed by atoms with Crippen molar-refractivity contribution < 1.29 is 14.3 Å². The van der Waals surface area contributed by atoms with Gasteiger partial charge in [0.15, 0.2) is 5.17 Å². The number of methoxy groups -OCH3 is 1. The van der Waals surface area contributed by atoms with Crippen LogP contribution >= 0.6 is 11.8 Å². The molecule has 1 aliphatic rings. The van der Waals surface area contributed by atoms with Crippen LogP contribution in [0.3, 0.4) is 0 Å². The molecule has 0 N–H and O–H groups in total. The SMILES string of the molecule is COc1ccc(/C=C2\N=C(SCCOC(C)C)N(c3cc(C)cc(C)c3)C2=O)cc1. The maximum Gasteiger partial charge on any atom is 0.283 e. The summed E-state index contributed by atoms with van der Waals surface area (Å²) in [5.74, 6) is 1.38. The number of hydrogen-bond acceptors (Lipinski definition) is 5. The van der Waals surface area contributed by atoms with Crippen LogP contribution in [0.2, 0.25) is 0 Å². The van der Waals surface area contributed by atoms with E-state index in [1.54, 1.807) is 12.0 Å². The van der Waals surface area contributed by atoms with Crippen molar-refractivity contribution >= 4 is 34.6 Å². The fourth-order valence-electron chi connectivity index (χ4n) is 3.18. The van der Waals surface area contributed by atoms with Gasteiger partial charge in [-0.2, -0.15) is 0 Å². The largest absolute Gasteiger partial charge is 0.497 e. The van der Waals surface area contributed by atoms with Crippen molar-refractivity contribution in [2.75, 3.05) is 24.4 Å². The minimum Gasteiger partial charge on any atom is -0.497 e. The molecule has 0 bridgehead atoms. The number of aliphatic imine (C=N–C) groups is 1. The molecule has 0 unspecified atom stereocenters. The number of rotatable bonds is 7. The summed E-state index contributed by atoms with van der Waals surface area (Å²) in [5, 5.41) is 0.678. The van der Waals surface area contributed by atoms with Crippen LogP contribution in [-0.2, 0) is 9.53 Å². The maximum absolute atomic E-state index is 13.3. The highest BCUT2D eigenvalue weighted by molar-refractivity contribution is 8.14. The second kappa shape index (κ2) is 9.96. The minimum absolute atomic E-state index is 0.122. The van der Waals surface area contributed by atoms with E-state index in [0.29, 0.717) is 17.5 Å². The first-order valence-electron chi connectivity index (χ1n) is 9.99. The van der Waals surface area contributed by atoms with E-state index in [2.05, 4.69) is 11.1 Å². The summed E-state index contributed by atoms with van der Waals surface area (Å²) in [6.07, 6.45) is 1.99. The number of ether oxygens (including phenoxy) is 2.